The van der Waals surface area contributed by atoms with E-state index >= 15 is 0 Å². The Morgan fingerprint density at radius 1 is 0.786 bits per heavy atom. The number of ketones is 1. The van der Waals surface area contributed by atoms with E-state index in [1.54, 1.807) is 48.5 Å². The summed E-state index contributed by atoms with van der Waals surface area (Å²) >= 11 is 1.10. The number of esters is 1. The number of carbonyl (C=O) groups is 3. The predicted octanol–water partition coefficient (Wildman–Crippen LogP) is 5.29. The number of carbonyl (C=O) groups excluding carboxylic acids is 3. The lowest BCUT2D eigenvalue weighted by Gasteiger charge is -2.09. The summed E-state index contributed by atoms with van der Waals surface area (Å²) in [4.78, 5) is 49.2. The van der Waals surface area contributed by atoms with Crippen LogP contribution in [-0.2, 0) is 4.74 Å². The Kier molecular flexibility index (Phi) is 10.5. The van der Waals surface area contributed by atoms with Gasteiger partial charge in [-0.15, -0.1) is 0 Å². The third kappa shape index (κ3) is 8.32. The van der Waals surface area contributed by atoms with E-state index in [9.17, 15) is 28.9 Å². The SMILES string of the molecule is O=C(NCCNCCOC(=O)c1ccc(C(=O)c2ccccc2)cc1)c1ccc(Sc2ccc(F)cc2)c([N+](=O)[O-])c1. The van der Waals surface area contributed by atoms with Crippen molar-refractivity contribution in [1.29, 1.82) is 0 Å². The van der Waals surface area contributed by atoms with E-state index in [1.165, 1.54) is 42.5 Å². The molecular formula is C31H26FN3O6S. The molecule has 0 unspecified atom stereocenters. The number of hydrogen-bond donors (Lipinski definition) is 2. The van der Waals surface area contributed by atoms with Gasteiger partial charge in [0.2, 0.25) is 0 Å². The molecular weight excluding hydrogens is 561 g/mol. The molecule has 0 saturated heterocycles. The van der Waals surface area contributed by atoms with Gasteiger partial charge in [-0.3, -0.25) is 19.7 Å². The molecule has 0 radical (unpaired) electrons. The lowest BCUT2D eigenvalue weighted by atomic mass is 10.0. The Balaban J connectivity index is 1.17. The number of hydrogen-bond acceptors (Lipinski definition) is 8. The van der Waals surface area contributed by atoms with Crippen LogP contribution in [0.4, 0.5) is 10.1 Å². The van der Waals surface area contributed by atoms with Crippen LogP contribution >= 0.6 is 11.8 Å². The average Bonchev–Trinajstić information content (AvgIpc) is 3.01. The smallest absolute Gasteiger partial charge is 0.338 e. The summed E-state index contributed by atoms with van der Waals surface area (Å²) in [5.41, 5.74) is 1.26. The van der Waals surface area contributed by atoms with E-state index in [-0.39, 0.29) is 30.2 Å². The Morgan fingerprint density at radius 3 is 2.12 bits per heavy atom. The summed E-state index contributed by atoms with van der Waals surface area (Å²) in [6.45, 7) is 1.05. The lowest BCUT2D eigenvalue weighted by molar-refractivity contribution is -0.387. The monoisotopic (exact) mass is 587 g/mol. The molecule has 4 rings (SSSR count). The minimum atomic E-state index is -0.565. The summed E-state index contributed by atoms with van der Waals surface area (Å²) in [7, 11) is 0. The van der Waals surface area contributed by atoms with Crippen molar-refractivity contribution in [2.24, 2.45) is 0 Å². The first-order valence-corrected chi connectivity index (χ1v) is 13.7. The van der Waals surface area contributed by atoms with Gasteiger partial charge in [-0.25, -0.2) is 9.18 Å². The first-order valence-electron chi connectivity index (χ1n) is 12.9. The summed E-state index contributed by atoms with van der Waals surface area (Å²) in [6, 6.07) is 24.9. The molecule has 0 aromatic heterocycles. The van der Waals surface area contributed by atoms with Crippen LogP contribution in [0.1, 0.15) is 36.6 Å². The highest BCUT2D eigenvalue weighted by atomic mass is 32.2. The van der Waals surface area contributed by atoms with Gasteiger partial charge < -0.3 is 15.4 Å². The molecule has 0 bridgehead atoms. The highest BCUT2D eigenvalue weighted by Crippen LogP contribution is 2.35. The van der Waals surface area contributed by atoms with Gasteiger partial charge in [0.05, 0.1) is 15.4 Å². The molecule has 2 N–H and O–H groups in total. The predicted molar refractivity (Wildman–Crippen MR) is 155 cm³/mol. The van der Waals surface area contributed by atoms with Crippen LogP contribution in [0, 0.1) is 15.9 Å². The highest BCUT2D eigenvalue weighted by Gasteiger charge is 2.18. The number of nitro groups is 1. The van der Waals surface area contributed by atoms with Gasteiger partial charge in [0.15, 0.2) is 5.78 Å². The fourth-order valence-corrected chi connectivity index (χ4v) is 4.72. The number of benzene rings is 4. The van der Waals surface area contributed by atoms with E-state index in [0.717, 1.165) is 11.8 Å². The zero-order valence-electron chi connectivity index (χ0n) is 22.2. The topological polar surface area (TPSA) is 128 Å². The van der Waals surface area contributed by atoms with Gasteiger partial charge in [0.25, 0.3) is 11.6 Å². The molecule has 214 valence electrons. The Bertz CT molecular complexity index is 1560. The number of ether oxygens (including phenoxy) is 1. The van der Waals surface area contributed by atoms with Crippen molar-refractivity contribution in [2.45, 2.75) is 9.79 Å². The number of rotatable bonds is 13. The normalized spacial score (nSPS) is 10.6. The van der Waals surface area contributed by atoms with Crippen molar-refractivity contribution in [1.82, 2.24) is 10.6 Å². The molecule has 0 aliphatic rings. The van der Waals surface area contributed by atoms with Crippen molar-refractivity contribution in [3.63, 3.8) is 0 Å². The number of amides is 1. The fourth-order valence-electron chi connectivity index (χ4n) is 3.82. The van der Waals surface area contributed by atoms with Gasteiger partial charge in [-0.2, -0.15) is 0 Å². The molecule has 0 aliphatic heterocycles. The number of nitrogens with one attached hydrogen (secondary N) is 2. The standard InChI is InChI=1S/C31H26FN3O6S/c32-25-11-13-26(14-12-25)42-28-15-10-24(20-27(28)35(39)40)30(37)34-17-16-33-18-19-41-31(38)23-8-6-22(7-9-23)29(36)21-4-2-1-3-5-21/h1-15,20,33H,16-19H2,(H,34,37). The van der Waals surface area contributed by atoms with Gasteiger partial charge >= 0.3 is 5.97 Å². The van der Waals surface area contributed by atoms with Crippen LogP contribution in [-0.4, -0.2) is 48.8 Å². The van der Waals surface area contributed by atoms with Crippen LogP contribution in [0.15, 0.2) is 107 Å². The summed E-state index contributed by atoms with van der Waals surface area (Å²) in [5, 5.41) is 17.3. The second-order valence-corrected chi connectivity index (χ2v) is 10.0. The Morgan fingerprint density at radius 2 is 1.43 bits per heavy atom. The Labute approximate surface area is 245 Å². The second kappa shape index (κ2) is 14.7. The second-order valence-electron chi connectivity index (χ2n) is 8.91. The van der Waals surface area contributed by atoms with Crippen molar-refractivity contribution in [3.8, 4) is 0 Å². The highest BCUT2D eigenvalue weighted by molar-refractivity contribution is 7.99. The van der Waals surface area contributed by atoms with E-state index in [2.05, 4.69) is 10.6 Å². The number of nitro benzene ring substituents is 1. The zero-order valence-corrected chi connectivity index (χ0v) is 23.1. The maximum atomic E-state index is 13.1. The van der Waals surface area contributed by atoms with Crippen LogP contribution in [0.3, 0.4) is 0 Å². The van der Waals surface area contributed by atoms with E-state index in [4.69, 9.17) is 4.74 Å². The van der Waals surface area contributed by atoms with Gasteiger partial charge in [0.1, 0.15) is 12.4 Å². The molecule has 4 aromatic rings. The molecule has 0 saturated carbocycles. The molecule has 0 fully saturated rings. The van der Waals surface area contributed by atoms with E-state index in [0.29, 0.717) is 39.6 Å². The zero-order chi connectivity index (χ0) is 29.9. The minimum absolute atomic E-state index is 0.0941. The molecule has 42 heavy (non-hydrogen) atoms. The maximum Gasteiger partial charge on any atom is 0.338 e. The Hall–Kier alpha value is -4.87. The van der Waals surface area contributed by atoms with Crippen molar-refractivity contribution in [2.75, 3.05) is 26.2 Å². The number of nitrogens with zero attached hydrogens (tertiary/aromatic N) is 1. The van der Waals surface area contributed by atoms with Crippen molar-refractivity contribution in [3.05, 3.63) is 135 Å². The van der Waals surface area contributed by atoms with E-state index < -0.39 is 22.6 Å². The summed E-state index contributed by atoms with van der Waals surface area (Å²) < 4.78 is 18.4. The largest absolute Gasteiger partial charge is 0.461 e. The number of halogens is 1. The molecule has 0 atom stereocenters. The van der Waals surface area contributed by atoms with Gasteiger partial charge in [-0.05, 0) is 48.5 Å². The fraction of sp³-hybridized carbons (Fsp3) is 0.129. The van der Waals surface area contributed by atoms with Crippen molar-refractivity contribution >= 4 is 35.1 Å². The van der Waals surface area contributed by atoms with Crippen LogP contribution in [0.2, 0.25) is 0 Å². The molecule has 4 aromatic carbocycles. The maximum absolute atomic E-state index is 13.1. The molecule has 0 heterocycles. The van der Waals surface area contributed by atoms with Crippen molar-refractivity contribution < 1.29 is 28.4 Å². The minimum Gasteiger partial charge on any atom is -0.461 e. The third-order valence-corrected chi connectivity index (χ3v) is 7.05. The lowest BCUT2D eigenvalue weighted by Crippen LogP contribution is -2.33. The third-order valence-electron chi connectivity index (χ3n) is 5.98. The van der Waals surface area contributed by atoms with Crippen LogP contribution in [0.25, 0.3) is 0 Å². The van der Waals surface area contributed by atoms with Crippen LogP contribution < -0.4 is 10.6 Å². The van der Waals surface area contributed by atoms with Gasteiger partial charge in [0, 0.05) is 47.3 Å². The first-order chi connectivity index (χ1) is 20.3. The summed E-state index contributed by atoms with van der Waals surface area (Å²) in [6.07, 6.45) is 0. The molecule has 0 spiro atoms. The first kappa shape index (κ1) is 30.1. The molecule has 1 amide bonds. The van der Waals surface area contributed by atoms with Crippen LogP contribution in [0.5, 0.6) is 0 Å². The van der Waals surface area contributed by atoms with E-state index in [1.807, 2.05) is 6.07 Å². The summed E-state index contributed by atoms with van der Waals surface area (Å²) in [5.74, 6) is -1.54. The average molecular weight is 588 g/mol. The van der Waals surface area contributed by atoms with Gasteiger partial charge in [-0.1, -0.05) is 54.2 Å². The quantitative estimate of drug-likeness (QED) is 0.0710. The molecule has 9 nitrogen and oxygen atoms in total. The molecule has 11 heteroatoms. The molecule has 0 aliphatic carbocycles.